The molecule has 0 spiro atoms. The molecule has 2 aliphatic rings. The number of anilines is 1. The molecular weight excluding hydrogens is 432 g/mol. The number of nitrogens with zero attached hydrogens (tertiary/aromatic N) is 3. The third kappa shape index (κ3) is 3.96. The lowest BCUT2D eigenvalue weighted by Crippen LogP contribution is -2.15. The molecule has 1 aromatic carbocycles. The lowest BCUT2D eigenvalue weighted by atomic mass is 10.1. The molecule has 1 N–H and O–H groups in total. The molecule has 1 aliphatic heterocycles. The van der Waals surface area contributed by atoms with Gasteiger partial charge >= 0.3 is 0 Å². The molecule has 2 aromatic heterocycles. The average molecular weight is 457 g/mol. The first-order chi connectivity index (χ1) is 14.8. The van der Waals surface area contributed by atoms with Gasteiger partial charge in [0.05, 0.1) is 34.2 Å². The van der Waals surface area contributed by atoms with Gasteiger partial charge in [0.25, 0.3) is 5.91 Å². The fourth-order valence-corrected chi connectivity index (χ4v) is 6.37. The number of hydrogen-bond donors (Lipinski definition) is 1. The van der Waals surface area contributed by atoms with Crippen molar-refractivity contribution in [1.29, 1.82) is 0 Å². The van der Waals surface area contributed by atoms with Gasteiger partial charge in [-0.3, -0.25) is 4.79 Å². The quantitative estimate of drug-likeness (QED) is 0.584. The Bertz CT molecular complexity index is 1300. The van der Waals surface area contributed by atoms with Crippen LogP contribution in [0, 0.1) is 6.92 Å². The molecule has 31 heavy (non-hydrogen) atoms. The molecule has 3 heterocycles. The average Bonchev–Trinajstić information content (AvgIpc) is 3.46. The van der Waals surface area contributed by atoms with E-state index in [9.17, 15) is 13.2 Å². The van der Waals surface area contributed by atoms with Crippen molar-refractivity contribution in [2.24, 2.45) is 0 Å². The number of sulfone groups is 1. The van der Waals surface area contributed by atoms with Gasteiger partial charge in [-0.05, 0) is 56.7 Å². The molecular formula is C22H24N4O3S2. The molecule has 3 aromatic rings. The van der Waals surface area contributed by atoms with E-state index in [1.54, 1.807) is 16.4 Å². The van der Waals surface area contributed by atoms with Crippen LogP contribution >= 0.6 is 11.8 Å². The minimum absolute atomic E-state index is 0.0710. The van der Waals surface area contributed by atoms with Crippen molar-refractivity contribution in [1.82, 2.24) is 14.8 Å². The van der Waals surface area contributed by atoms with Crippen molar-refractivity contribution in [3.63, 3.8) is 0 Å². The molecule has 162 valence electrons. The van der Waals surface area contributed by atoms with Crippen LogP contribution in [0.5, 0.6) is 0 Å². The molecule has 1 saturated heterocycles. The number of fused-ring (bicyclic) bond motifs is 1. The fraction of sp³-hybridized carbons (Fsp3) is 0.409. The molecule has 5 rings (SSSR count). The van der Waals surface area contributed by atoms with Crippen molar-refractivity contribution < 1.29 is 13.2 Å². The van der Waals surface area contributed by atoms with Crippen LogP contribution in [0.1, 0.15) is 53.0 Å². The zero-order valence-electron chi connectivity index (χ0n) is 17.5. The Labute approximate surface area is 185 Å². The standard InChI is InChI=1S/C22H24N4O3S2/c1-13-20-18(22(27)23-15-4-3-5-17(10-15)30-2)11-19(14-6-7-14)24-21(20)26(25-13)16-8-9-31(28,29)12-16/h3-5,10-11,14,16H,6-9,12H2,1-2H3,(H,23,27)/t16-/m0/s1. The highest BCUT2D eigenvalue weighted by molar-refractivity contribution is 7.98. The summed E-state index contributed by atoms with van der Waals surface area (Å²) in [7, 11) is -3.06. The maximum Gasteiger partial charge on any atom is 0.256 e. The zero-order valence-corrected chi connectivity index (χ0v) is 19.1. The van der Waals surface area contributed by atoms with Crippen LogP contribution in [0.3, 0.4) is 0 Å². The summed E-state index contributed by atoms with van der Waals surface area (Å²) >= 11 is 1.62. The van der Waals surface area contributed by atoms with Gasteiger partial charge in [-0.1, -0.05) is 6.07 Å². The first-order valence-corrected chi connectivity index (χ1v) is 13.4. The van der Waals surface area contributed by atoms with Gasteiger partial charge in [0.15, 0.2) is 15.5 Å². The number of rotatable bonds is 5. The topological polar surface area (TPSA) is 93.9 Å². The highest BCUT2D eigenvalue weighted by Gasteiger charge is 2.34. The third-order valence-corrected chi connectivity index (χ3v) is 8.45. The smallest absolute Gasteiger partial charge is 0.256 e. The Morgan fingerprint density at radius 1 is 1.23 bits per heavy atom. The molecule has 1 amide bonds. The Hall–Kier alpha value is -2.39. The van der Waals surface area contributed by atoms with Crippen LogP contribution in [-0.4, -0.2) is 46.9 Å². The summed E-state index contributed by atoms with van der Waals surface area (Å²) in [5, 5.41) is 8.36. The minimum Gasteiger partial charge on any atom is -0.322 e. The first kappa shape index (κ1) is 20.5. The Balaban J connectivity index is 1.59. The second kappa shape index (κ2) is 7.63. The lowest BCUT2D eigenvalue weighted by Gasteiger charge is -2.12. The number of hydrogen-bond acceptors (Lipinski definition) is 6. The molecule has 1 saturated carbocycles. The van der Waals surface area contributed by atoms with E-state index in [2.05, 4.69) is 10.4 Å². The lowest BCUT2D eigenvalue weighted by molar-refractivity contribution is 0.102. The van der Waals surface area contributed by atoms with Crippen molar-refractivity contribution in [2.45, 2.75) is 43.0 Å². The Morgan fingerprint density at radius 2 is 2.03 bits per heavy atom. The van der Waals surface area contributed by atoms with E-state index in [1.807, 2.05) is 43.5 Å². The molecule has 1 aliphatic carbocycles. The summed E-state index contributed by atoms with van der Waals surface area (Å²) in [5.74, 6) is 0.391. The van der Waals surface area contributed by atoms with Gasteiger partial charge in [-0.25, -0.2) is 18.1 Å². The number of benzene rings is 1. The summed E-state index contributed by atoms with van der Waals surface area (Å²) in [6, 6.07) is 9.39. The van der Waals surface area contributed by atoms with Crippen LogP contribution < -0.4 is 5.32 Å². The van der Waals surface area contributed by atoms with Crippen LogP contribution in [0.2, 0.25) is 0 Å². The van der Waals surface area contributed by atoms with E-state index in [1.165, 1.54) is 0 Å². The minimum atomic E-state index is -3.06. The van der Waals surface area contributed by atoms with Gasteiger partial charge in [0.1, 0.15) is 0 Å². The van der Waals surface area contributed by atoms with Gasteiger partial charge in [-0.15, -0.1) is 11.8 Å². The summed E-state index contributed by atoms with van der Waals surface area (Å²) in [6.45, 7) is 1.85. The Kier molecular flexibility index (Phi) is 5.05. The van der Waals surface area contributed by atoms with Crippen LogP contribution in [-0.2, 0) is 9.84 Å². The number of carbonyl (C=O) groups excluding carboxylic acids is 1. The van der Waals surface area contributed by atoms with Gasteiger partial charge in [0, 0.05) is 22.2 Å². The third-order valence-electron chi connectivity index (χ3n) is 5.98. The number of carbonyl (C=O) groups is 1. The van der Waals surface area contributed by atoms with Gasteiger partial charge < -0.3 is 5.32 Å². The van der Waals surface area contributed by atoms with E-state index in [0.717, 1.165) is 29.1 Å². The van der Waals surface area contributed by atoms with Crippen LogP contribution in [0.15, 0.2) is 35.2 Å². The predicted molar refractivity (Wildman–Crippen MR) is 123 cm³/mol. The molecule has 2 fully saturated rings. The van der Waals surface area contributed by atoms with Gasteiger partial charge in [-0.2, -0.15) is 5.10 Å². The van der Waals surface area contributed by atoms with Crippen molar-refractivity contribution in [3.8, 4) is 0 Å². The second-order valence-corrected chi connectivity index (χ2v) is 11.4. The maximum atomic E-state index is 13.3. The summed E-state index contributed by atoms with van der Waals surface area (Å²) in [5.41, 5.74) is 3.48. The SMILES string of the molecule is CSc1cccc(NC(=O)c2cc(C3CC3)nc3c2c(C)nn3[C@H]2CCS(=O)(=O)C2)c1. The largest absolute Gasteiger partial charge is 0.322 e. The van der Waals surface area contributed by atoms with E-state index >= 15 is 0 Å². The number of amides is 1. The molecule has 0 unspecified atom stereocenters. The van der Waals surface area contributed by atoms with Crippen LogP contribution in [0.4, 0.5) is 5.69 Å². The summed E-state index contributed by atoms with van der Waals surface area (Å²) < 4.78 is 25.8. The van der Waals surface area contributed by atoms with E-state index in [0.29, 0.717) is 34.6 Å². The van der Waals surface area contributed by atoms with E-state index in [-0.39, 0.29) is 23.5 Å². The van der Waals surface area contributed by atoms with Crippen molar-refractivity contribution >= 4 is 44.2 Å². The van der Waals surface area contributed by atoms with E-state index in [4.69, 9.17) is 4.98 Å². The van der Waals surface area contributed by atoms with Gasteiger partial charge in [0.2, 0.25) is 0 Å². The highest BCUT2D eigenvalue weighted by atomic mass is 32.2. The number of aryl methyl sites for hydroxylation is 1. The normalized spacial score (nSPS) is 20.3. The zero-order chi connectivity index (χ0) is 21.8. The summed E-state index contributed by atoms with van der Waals surface area (Å²) in [4.78, 5) is 19.3. The van der Waals surface area contributed by atoms with Crippen LogP contribution in [0.25, 0.3) is 11.0 Å². The highest BCUT2D eigenvalue weighted by Crippen LogP contribution is 2.41. The van der Waals surface area contributed by atoms with Crippen molar-refractivity contribution in [3.05, 3.63) is 47.3 Å². The first-order valence-electron chi connectivity index (χ1n) is 10.4. The Morgan fingerprint density at radius 3 is 2.71 bits per heavy atom. The monoisotopic (exact) mass is 456 g/mol. The number of nitrogens with one attached hydrogen (secondary N) is 1. The molecule has 0 radical (unpaired) electrons. The van der Waals surface area contributed by atoms with Crippen molar-refractivity contribution in [2.75, 3.05) is 23.1 Å². The molecule has 7 nitrogen and oxygen atoms in total. The molecule has 9 heteroatoms. The molecule has 0 bridgehead atoms. The number of pyridine rings is 1. The molecule has 1 atom stereocenters. The summed E-state index contributed by atoms with van der Waals surface area (Å²) in [6.07, 6.45) is 4.63. The number of thioether (sulfide) groups is 1. The number of aromatic nitrogens is 3. The predicted octanol–water partition coefficient (Wildman–Crippen LogP) is 3.95. The fourth-order valence-electron chi connectivity index (χ4n) is 4.22. The second-order valence-electron chi connectivity index (χ2n) is 8.34. The van der Waals surface area contributed by atoms with E-state index < -0.39 is 9.84 Å². The maximum absolute atomic E-state index is 13.3.